The molecule has 1 heterocycles. The molecule has 0 radical (unpaired) electrons. The van der Waals surface area contributed by atoms with Crippen molar-refractivity contribution in [1.29, 1.82) is 0 Å². The molecule has 3 amide bonds. The molecule has 0 saturated carbocycles. The molecule has 1 aliphatic heterocycles. The van der Waals surface area contributed by atoms with Crippen molar-refractivity contribution < 1.29 is 14.4 Å². The van der Waals surface area contributed by atoms with Gasteiger partial charge in [0, 0.05) is 16.6 Å². The number of carbonyl (C=O) groups excluding carboxylic acids is 3. The number of benzene rings is 1. The summed E-state index contributed by atoms with van der Waals surface area (Å²) in [4.78, 5) is 36.2. The van der Waals surface area contributed by atoms with Gasteiger partial charge in [-0.3, -0.25) is 14.4 Å². The van der Waals surface area contributed by atoms with E-state index in [0.717, 1.165) is 12.8 Å². The molecule has 8 heteroatoms. The largest absolute Gasteiger partial charge is 0.354 e. The van der Waals surface area contributed by atoms with Gasteiger partial charge in [0.25, 0.3) is 0 Å². The molecule has 1 aromatic carbocycles. The van der Waals surface area contributed by atoms with Gasteiger partial charge in [0.15, 0.2) is 0 Å². The third-order valence-electron chi connectivity index (χ3n) is 3.91. The van der Waals surface area contributed by atoms with Crippen LogP contribution in [0, 0.1) is 0 Å². The molecular formula is C17H21Cl2N3O3. The second-order valence-corrected chi connectivity index (χ2v) is 6.96. The van der Waals surface area contributed by atoms with Gasteiger partial charge in [-0.25, -0.2) is 0 Å². The van der Waals surface area contributed by atoms with Crippen molar-refractivity contribution >= 4 is 40.9 Å². The van der Waals surface area contributed by atoms with Gasteiger partial charge in [0.2, 0.25) is 17.7 Å². The predicted molar refractivity (Wildman–Crippen MR) is 96.6 cm³/mol. The van der Waals surface area contributed by atoms with Crippen molar-refractivity contribution in [3.05, 3.63) is 33.8 Å². The standard InChI is InChI=1S/C17H21Cl2N3O3/c1-10(16(24)22-14-4-2-3-5-20-17(14)25)21-15(23)8-11-6-12(18)9-13(19)7-11/h6-7,9-10,14H,2-5,8H2,1H3,(H,20,25)(H,21,23)(H,22,24). The van der Waals surface area contributed by atoms with Crippen LogP contribution in [0.15, 0.2) is 18.2 Å². The molecule has 1 saturated heterocycles. The van der Waals surface area contributed by atoms with Crippen LogP contribution in [0.3, 0.4) is 0 Å². The van der Waals surface area contributed by atoms with Crippen molar-refractivity contribution in [3.8, 4) is 0 Å². The maximum atomic E-state index is 12.2. The Morgan fingerprint density at radius 2 is 1.92 bits per heavy atom. The first-order chi connectivity index (χ1) is 11.8. The Labute approximate surface area is 156 Å². The zero-order valence-corrected chi connectivity index (χ0v) is 15.4. The monoisotopic (exact) mass is 385 g/mol. The molecule has 1 aliphatic rings. The Bertz CT molecular complexity index is 646. The lowest BCUT2D eigenvalue weighted by Gasteiger charge is -2.19. The lowest BCUT2D eigenvalue weighted by atomic mass is 10.1. The molecule has 2 unspecified atom stereocenters. The first kappa shape index (κ1) is 19.5. The van der Waals surface area contributed by atoms with E-state index in [1.165, 1.54) is 0 Å². The summed E-state index contributed by atoms with van der Waals surface area (Å²) in [7, 11) is 0. The number of carbonyl (C=O) groups is 3. The topological polar surface area (TPSA) is 87.3 Å². The van der Waals surface area contributed by atoms with Gasteiger partial charge in [-0.1, -0.05) is 23.2 Å². The molecular weight excluding hydrogens is 365 g/mol. The molecule has 1 fully saturated rings. The Morgan fingerprint density at radius 3 is 2.60 bits per heavy atom. The van der Waals surface area contributed by atoms with Crippen LogP contribution in [0.1, 0.15) is 31.7 Å². The molecule has 6 nitrogen and oxygen atoms in total. The summed E-state index contributed by atoms with van der Waals surface area (Å²) in [6.45, 7) is 2.20. The van der Waals surface area contributed by atoms with Crippen LogP contribution in [0.25, 0.3) is 0 Å². The van der Waals surface area contributed by atoms with Gasteiger partial charge in [-0.05, 0) is 49.9 Å². The molecule has 0 spiro atoms. The fourth-order valence-electron chi connectivity index (χ4n) is 2.63. The lowest BCUT2D eigenvalue weighted by Crippen LogP contribution is -2.52. The van der Waals surface area contributed by atoms with Crippen molar-refractivity contribution in [1.82, 2.24) is 16.0 Å². The molecule has 0 bridgehead atoms. The quantitative estimate of drug-likeness (QED) is 0.722. The van der Waals surface area contributed by atoms with Crippen LogP contribution in [-0.4, -0.2) is 36.3 Å². The van der Waals surface area contributed by atoms with Gasteiger partial charge >= 0.3 is 0 Å². The molecule has 3 N–H and O–H groups in total. The highest BCUT2D eigenvalue weighted by Gasteiger charge is 2.25. The van der Waals surface area contributed by atoms with Crippen LogP contribution >= 0.6 is 23.2 Å². The normalized spacial score (nSPS) is 18.7. The second-order valence-electron chi connectivity index (χ2n) is 6.09. The SMILES string of the molecule is CC(NC(=O)Cc1cc(Cl)cc(Cl)c1)C(=O)NC1CCCCNC1=O. The maximum Gasteiger partial charge on any atom is 0.242 e. The van der Waals surface area contributed by atoms with E-state index >= 15 is 0 Å². The summed E-state index contributed by atoms with van der Waals surface area (Å²) in [6, 6.07) is 3.57. The summed E-state index contributed by atoms with van der Waals surface area (Å²) >= 11 is 11.8. The zero-order chi connectivity index (χ0) is 18.4. The third-order valence-corrected chi connectivity index (χ3v) is 4.35. The molecule has 2 atom stereocenters. The van der Waals surface area contributed by atoms with Crippen molar-refractivity contribution in [2.24, 2.45) is 0 Å². The Balaban J connectivity index is 1.87. The smallest absolute Gasteiger partial charge is 0.242 e. The first-order valence-corrected chi connectivity index (χ1v) is 8.93. The average molecular weight is 386 g/mol. The van der Waals surface area contributed by atoms with E-state index in [1.807, 2.05) is 0 Å². The third kappa shape index (κ3) is 6.21. The van der Waals surface area contributed by atoms with Gasteiger partial charge in [-0.2, -0.15) is 0 Å². The minimum atomic E-state index is -0.752. The fourth-order valence-corrected chi connectivity index (χ4v) is 3.20. The fraction of sp³-hybridized carbons (Fsp3) is 0.471. The first-order valence-electron chi connectivity index (χ1n) is 8.17. The number of amides is 3. The summed E-state index contributed by atoms with van der Waals surface area (Å²) < 4.78 is 0. The number of nitrogens with one attached hydrogen (secondary N) is 3. The summed E-state index contributed by atoms with van der Waals surface area (Å²) in [5.41, 5.74) is 0.658. The van der Waals surface area contributed by atoms with Crippen molar-refractivity contribution in [3.63, 3.8) is 0 Å². The maximum absolute atomic E-state index is 12.2. The van der Waals surface area contributed by atoms with Crippen molar-refractivity contribution in [2.75, 3.05) is 6.54 Å². The highest BCUT2D eigenvalue weighted by Crippen LogP contribution is 2.19. The van der Waals surface area contributed by atoms with E-state index in [1.54, 1.807) is 25.1 Å². The van der Waals surface area contributed by atoms with E-state index in [2.05, 4.69) is 16.0 Å². The highest BCUT2D eigenvalue weighted by molar-refractivity contribution is 6.34. The van der Waals surface area contributed by atoms with Gasteiger partial charge < -0.3 is 16.0 Å². The van der Waals surface area contributed by atoms with E-state index in [9.17, 15) is 14.4 Å². The van der Waals surface area contributed by atoms with E-state index in [4.69, 9.17) is 23.2 Å². The number of halogens is 2. The van der Waals surface area contributed by atoms with E-state index in [-0.39, 0.29) is 24.1 Å². The number of rotatable bonds is 5. The van der Waals surface area contributed by atoms with Crippen LogP contribution in [0.2, 0.25) is 10.0 Å². The van der Waals surface area contributed by atoms with Crippen molar-refractivity contribution in [2.45, 2.75) is 44.7 Å². The van der Waals surface area contributed by atoms with E-state index in [0.29, 0.717) is 28.6 Å². The summed E-state index contributed by atoms with van der Waals surface area (Å²) in [5.74, 6) is -0.899. The van der Waals surface area contributed by atoms with Gasteiger partial charge in [-0.15, -0.1) is 0 Å². The minimum absolute atomic E-state index is 0.0574. The number of hydrogen-bond donors (Lipinski definition) is 3. The minimum Gasteiger partial charge on any atom is -0.354 e. The molecule has 25 heavy (non-hydrogen) atoms. The predicted octanol–water partition coefficient (Wildman–Crippen LogP) is 1.83. The molecule has 136 valence electrons. The second kappa shape index (κ2) is 9.06. The van der Waals surface area contributed by atoms with E-state index < -0.39 is 12.1 Å². The van der Waals surface area contributed by atoms with Crippen LogP contribution in [0.4, 0.5) is 0 Å². The zero-order valence-electron chi connectivity index (χ0n) is 13.9. The summed E-state index contributed by atoms with van der Waals surface area (Å²) in [6.07, 6.45) is 2.41. The Morgan fingerprint density at radius 1 is 1.24 bits per heavy atom. The Kier molecular flexibility index (Phi) is 7.08. The van der Waals surface area contributed by atoms with Crippen LogP contribution < -0.4 is 16.0 Å². The molecule has 0 aliphatic carbocycles. The molecule has 1 aromatic rings. The van der Waals surface area contributed by atoms with Gasteiger partial charge in [0.05, 0.1) is 6.42 Å². The van der Waals surface area contributed by atoms with Crippen LogP contribution in [-0.2, 0) is 20.8 Å². The Hall–Kier alpha value is -1.79. The van der Waals surface area contributed by atoms with Gasteiger partial charge in [0.1, 0.15) is 12.1 Å². The summed E-state index contributed by atoms with van der Waals surface area (Å²) in [5, 5.41) is 8.95. The molecule has 0 aromatic heterocycles. The molecule has 2 rings (SSSR count). The highest BCUT2D eigenvalue weighted by atomic mass is 35.5. The average Bonchev–Trinajstić information content (AvgIpc) is 2.71. The number of hydrogen-bond acceptors (Lipinski definition) is 3. The van der Waals surface area contributed by atoms with Crippen LogP contribution in [0.5, 0.6) is 0 Å². The lowest BCUT2D eigenvalue weighted by molar-refractivity contribution is -0.131.